The van der Waals surface area contributed by atoms with Crippen molar-refractivity contribution in [2.45, 2.75) is 45.1 Å². The second kappa shape index (κ2) is 6.40. The number of rotatable bonds is 3. The van der Waals surface area contributed by atoms with E-state index in [1.54, 1.807) is 29.7 Å². The van der Waals surface area contributed by atoms with Crippen molar-refractivity contribution >= 4 is 17.0 Å². The molecule has 0 amide bonds. The Labute approximate surface area is 133 Å². The minimum absolute atomic E-state index is 0.0505. The molecule has 1 fully saturated rings. The maximum Gasteiger partial charge on any atom is 0.338 e. The minimum Gasteiger partial charge on any atom is -0.462 e. The topological polar surface area (TPSA) is 81.2 Å². The summed E-state index contributed by atoms with van der Waals surface area (Å²) in [5.41, 5.74) is 0.349. The summed E-state index contributed by atoms with van der Waals surface area (Å²) >= 11 is 0. The van der Waals surface area contributed by atoms with Crippen LogP contribution in [0.15, 0.2) is 27.8 Å². The van der Waals surface area contributed by atoms with Crippen LogP contribution in [-0.4, -0.2) is 22.1 Å². The molecule has 0 radical (unpaired) electrons. The summed E-state index contributed by atoms with van der Waals surface area (Å²) < 4.78 is 6.58. The molecule has 3 rings (SSSR count). The van der Waals surface area contributed by atoms with Crippen molar-refractivity contribution in [3.8, 4) is 0 Å². The number of nitrogens with zero attached hydrogens (tertiary/aromatic N) is 1. The molecule has 1 aliphatic rings. The van der Waals surface area contributed by atoms with Crippen LogP contribution in [0.2, 0.25) is 0 Å². The predicted octanol–water partition coefficient (Wildman–Crippen LogP) is 2.37. The van der Waals surface area contributed by atoms with Gasteiger partial charge in [0.15, 0.2) is 0 Å². The van der Waals surface area contributed by atoms with Crippen molar-refractivity contribution < 1.29 is 9.53 Å². The first-order valence-corrected chi connectivity index (χ1v) is 8.07. The summed E-state index contributed by atoms with van der Waals surface area (Å²) in [6.45, 7) is 2.02. The van der Waals surface area contributed by atoms with Crippen molar-refractivity contribution in [2.24, 2.45) is 0 Å². The van der Waals surface area contributed by atoms with Crippen molar-refractivity contribution in [3.05, 3.63) is 44.5 Å². The highest BCUT2D eigenvalue weighted by molar-refractivity contribution is 5.93. The first kappa shape index (κ1) is 15.5. The highest BCUT2D eigenvalue weighted by atomic mass is 16.5. The summed E-state index contributed by atoms with van der Waals surface area (Å²) in [6, 6.07) is 4.98. The van der Waals surface area contributed by atoms with Crippen LogP contribution < -0.4 is 11.1 Å². The fraction of sp³-hybridized carbons (Fsp3) is 0.471. The molecule has 1 heterocycles. The van der Waals surface area contributed by atoms with Gasteiger partial charge in [0.05, 0.1) is 23.2 Å². The van der Waals surface area contributed by atoms with E-state index in [0.717, 1.165) is 25.7 Å². The van der Waals surface area contributed by atoms with Gasteiger partial charge in [0.2, 0.25) is 0 Å². The number of esters is 1. The van der Waals surface area contributed by atoms with E-state index in [2.05, 4.69) is 4.98 Å². The third kappa shape index (κ3) is 2.93. The predicted molar refractivity (Wildman–Crippen MR) is 86.9 cm³/mol. The van der Waals surface area contributed by atoms with Gasteiger partial charge in [0.25, 0.3) is 0 Å². The first-order valence-electron chi connectivity index (χ1n) is 8.07. The summed E-state index contributed by atoms with van der Waals surface area (Å²) in [5.74, 6) is -0.439. The maximum atomic E-state index is 12.3. The van der Waals surface area contributed by atoms with Crippen LogP contribution in [0.5, 0.6) is 0 Å². The van der Waals surface area contributed by atoms with Crippen LogP contribution in [0.3, 0.4) is 0 Å². The molecular weight excluding hydrogens is 296 g/mol. The van der Waals surface area contributed by atoms with Crippen LogP contribution >= 0.6 is 0 Å². The average Bonchev–Trinajstić information content (AvgIpc) is 2.56. The Bertz CT molecular complexity index is 844. The molecule has 1 aliphatic carbocycles. The number of aromatic amines is 1. The first-order chi connectivity index (χ1) is 11.1. The number of hydrogen-bond donors (Lipinski definition) is 1. The molecule has 1 aromatic heterocycles. The average molecular weight is 316 g/mol. The molecule has 0 saturated heterocycles. The quantitative estimate of drug-likeness (QED) is 0.696. The smallest absolute Gasteiger partial charge is 0.338 e. The van der Waals surface area contributed by atoms with E-state index in [9.17, 15) is 14.4 Å². The molecule has 0 spiro atoms. The third-order valence-electron chi connectivity index (χ3n) is 4.37. The molecule has 23 heavy (non-hydrogen) atoms. The van der Waals surface area contributed by atoms with Gasteiger partial charge in [-0.1, -0.05) is 19.3 Å². The van der Waals surface area contributed by atoms with Gasteiger partial charge in [0.1, 0.15) is 0 Å². The van der Waals surface area contributed by atoms with E-state index in [1.807, 2.05) is 0 Å². The Hall–Kier alpha value is -2.37. The van der Waals surface area contributed by atoms with Gasteiger partial charge in [-0.3, -0.25) is 14.2 Å². The van der Waals surface area contributed by atoms with Gasteiger partial charge in [-0.2, -0.15) is 0 Å². The Balaban J connectivity index is 2.15. The molecule has 0 unspecified atom stereocenters. The van der Waals surface area contributed by atoms with E-state index in [4.69, 9.17) is 4.74 Å². The lowest BCUT2D eigenvalue weighted by Crippen LogP contribution is -2.39. The molecule has 122 valence electrons. The van der Waals surface area contributed by atoms with Crippen molar-refractivity contribution in [1.29, 1.82) is 0 Å². The van der Waals surface area contributed by atoms with Gasteiger partial charge in [-0.05, 0) is 38.0 Å². The van der Waals surface area contributed by atoms with Gasteiger partial charge < -0.3 is 9.72 Å². The highest BCUT2D eigenvalue weighted by Crippen LogP contribution is 2.29. The number of carbonyl (C=O) groups is 1. The van der Waals surface area contributed by atoms with Crippen molar-refractivity contribution in [3.63, 3.8) is 0 Å². The zero-order valence-corrected chi connectivity index (χ0v) is 13.1. The number of nitrogens with one attached hydrogen (secondary N) is 1. The number of aromatic nitrogens is 2. The number of fused-ring (bicyclic) bond motifs is 1. The van der Waals surface area contributed by atoms with E-state index in [1.165, 1.54) is 6.42 Å². The standard InChI is InChI=1S/C17H20N2O4/c1-2-23-17(22)11-8-9-14-13(10-11)18-15(20)16(21)19(14)12-6-4-3-5-7-12/h8-10,12H,2-7H2,1H3,(H,18,20). The zero-order valence-electron chi connectivity index (χ0n) is 13.1. The number of H-pyrrole nitrogens is 1. The maximum absolute atomic E-state index is 12.3. The molecule has 6 nitrogen and oxygen atoms in total. The monoisotopic (exact) mass is 316 g/mol. The van der Waals surface area contributed by atoms with Crippen LogP contribution in [0.1, 0.15) is 55.4 Å². The molecule has 2 aromatic rings. The zero-order chi connectivity index (χ0) is 16.4. The van der Waals surface area contributed by atoms with Gasteiger partial charge in [0, 0.05) is 6.04 Å². The lowest BCUT2D eigenvalue weighted by atomic mass is 9.95. The number of hydrogen-bond acceptors (Lipinski definition) is 4. The number of benzene rings is 1. The Morgan fingerprint density at radius 1 is 1.26 bits per heavy atom. The van der Waals surface area contributed by atoms with Crippen molar-refractivity contribution in [2.75, 3.05) is 6.61 Å². The number of ether oxygens (including phenoxy) is 1. The van der Waals surface area contributed by atoms with Gasteiger partial charge in [-0.25, -0.2) is 4.79 Å². The second-order valence-corrected chi connectivity index (χ2v) is 5.87. The SMILES string of the molecule is CCOC(=O)c1ccc2c(c1)[nH]c(=O)c(=O)n2C1CCCCC1. The lowest BCUT2D eigenvalue weighted by molar-refractivity contribution is 0.0526. The highest BCUT2D eigenvalue weighted by Gasteiger charge is 2.20. The second-order valence-electron chi connectivity index (χ2n) is 5.87. The fourth-order valence-corrected chi connectivity index (χ4v) is 3.28. The van der Waals surface area contributed by atoms with Gasteiger partial charge in [-0.15, -0.1) is 0 Å². The number of carbonyl (C=O) groups excluding carboxylic acids is 1. The Kier molecular flexibility index (Phi) is 4.32. The van der Waals surface area contributed by atoms with Crippen LogP contribution in [-0.2, 0) is 4.74 Å². The van der Waals surface area contributed by atoms with E-state index >= 15 is 0 Å². The molecule has 1 N–H and O–H groups in total. The van der Waals surface area contributed by atoms with Crippen LogP contribution in [0, 0.1) is 0 Å². The summed E-state index contributed by atoms with van der Waals surface area (Å²) in [6.07, 6.45) is 5.09. The van der Waals surface area contributed by atoms with Gasteiger partial charge >= 0.3 is 17.1 Å². The third-order valence-corrected chi connectivity index (χ3v) is 4.37. The summed E-state index contributed by atoms with van der Waals surface area (Å²) in [7, 11) is 0. The molecule has 1 aromatic carbocycles. The van der Waals surface area contributed by atoms with E-state index in [-0.39, 0.29) is 12.6 Å². The van der Waals surface area contributed by atoms with Crippen molar-refractivity contribution in [1.82, 2.24) is 9.55 Å². The van der Waals surface area contributed by atoms with Crippen LogP contribution in [0.25, 0.3) is 11.0 Å². The van der Waals surface area contributed by atoms with E-state index in [0.29, 0.717) is 16.6 Å². The molecular formula is C17H20N2O4. The molecule has 0 aliphatic heterocycles. The summed E-state index contributed by atoms with van der Waals surface area (Å²) in [5, 5.41) is 0. The summed E-state index contributed by atoms with van der Waals surface area (Å²) in [4.78, 5) is 38.8. The molecule has 1 saturated carbocycles. The normalized spacial score (nSPS) is 15.7. The molecule has 0 atom stereocenters. The largest absolute Gasteiger partial charge is 0.462 e. The van der Waals surface area contributed by atoms with E-state index < -0.39 is 17.1 Å². The lowest BCUT2D eigenvalue weighted by Gasteiger charge is -2.25. The Morgan fingerprint density at radius 2 is 2.00 bits per heavy atom. The van der Waals surface area contributed by atoms with Crippen LogP contribution in [0.4, 0.5) is 0 Å². The minimum atomic E-state index is -0.649. The molecule has 0 bridgehead atoms. The fourth-order valence-electron chi connectivity index (χ4n) is 3.28. The molecule has 6 heteroatoms. The Morgan fingerprint density at radius 3 is 2.70 bits per heavy atom.